The van der Waals surface area contributed by atoms with Crippen LogP contribution in [0.5, 0.6) is 0 Å². The lowest BCUT2D eigenvalue weighted by Gasteiger charge is -2.38. The first-order valence-corrected chi connectivity index (χ1v) is 7.69. The van der Waals surface area contributed by atoms with E-state index in [9.17, 15) is 53.4 Å². The Labute approximate surface area is 133 Å². The molecular weight excluding hydrogens is 401 g/mol. The lowest BCUT2D eigenvalue weighted by Crippen LogP contribution is -2.50. The molecule has 0 bridgehead atoms. The summed E-state index contributed by atoms with van der Waals surface area (Å²) in [6.45, 7) is 2.13. The number of halogens is 10. The molecule has 1 aromatic rings. The van der Waals surface area contributed by atoms with Crippen LogP contribution >= 0.6 is 7.37 Å². The van der Waals surface area contributed by atoms with Crippen molar-refractivity contribution in [3.8, 4) is 0 Å². The highest BCUT2D eigenvalue weighted by molar-refractivity contribution is 7.59. The van der Waals surface area contributed by atoms with Gasteiger partial charge in [0.25, 0.3) is 5.82 Å². The Balaban J connectivity index is 0.000000593. The van der Waals surface area contributed by atoms with E-state index in [1.807, 2.05) is 19.4 Å². The summed E-state index contributed by atoms with van der Waals surface area (Å²) in [5, 5.41) is 0. The summed E-state index contributed by atoms with van der Waals surface area (Å²) in [5.41, 5.74) is -14.4. The van der Waals surface area contributed by atoms with Crippen LogP contribution < -0.4 is 9.46 Å². The number of nitrogens with zero attached hydrogens (tertiary/aromatic N) is 1. The zero-order valence-electron chi connectivity index (χ0n) is 12.4. The van der Waals surface area contributed by atoms with Gasteiger partial charge >= 0.3 is 23.7 Å². The predicted molar refractivity (Wildman–Crippen MR) is 61.0 cm³/mol. The minimum absolute atomic E-state index is 1.07. The second-order valence-corrected chi connectivity index (χ2v) is 6.73. The van der Waals surface area contributed by atoms with Crippen molar-refractivity contribution < 1.29 is 57.9 Å². The fourth-order valence-electron chi connectivity index (χ4n) is 1.30. The van der Waals surface area contributed by atoms with Gasteiger partial charge in [0.05, 0.1) is 7.05 Å². The van der Waals surface area contributed by atoms with Crippen LogP contribution in [-0.4, -0.2) is 28.7 Å². The molecule has 0 saturated heterocycles. The zero-order valence-corrected chi connectivity index (χ0v) is 13.2. The van der Waals surface area contributed by atoms with Gasteiger partial charge in [-0.1, -0.05) is 6.92 Å². The average Bonchev–Trinajstić information content (AvgIpc) is 2.81. The lowest BCUT2D eigenvalue weighted by molar-refractivity contribution is -0.677. The molecule has 1 N–H and O–H groups in total. The second-order valence-electron chi connectivity index (χ2n) is 4.50. The number of aryl methyl sites for hydroxylation is 2. The summed E-state index contributed by atoms with van der Waals surface area (Å²) >= 11 is 0. The van der Waals surface area contributed by atoms with Crippen molar-refractivity contribution >= 4 is 7.37 Å². The third kappa shape index (κ3) is 4.46. The molecule has 0 aliphatic carbocycles. The van der Waals surface area contributed by atoms with E-state index in [1.54, 1.807) is 0 Å². The third-order valence-corrected chi connectivity index (χ3v) is 4.72. The SMILES string of the molecule is CCc1[nH]cc[n+]1C.O=P([O-])(C(F)(F)C(F)(F)F)C(F)(F)C(F)(F)F. The van der Waals surface area contributed by atoms with Crippen molar-refractivity contribution in [2.24, 2.45) is 7.05 Å². The predicted octanol–water partition coefficient (Wildman–Crippen LogP) is 3.34. The first-order chi connectivity index (χ1) is 10.8. The highest BCUT2D eigenvalue weighted by Crippen LogP contribution is 2.72. The first-order valence-electron chi connectivity index (χ1n) is 6.06. The van der Waals surface area contributed by atoms with E-state index in [0.717, 1.165) is 6.42 Å². The van der Waals surface area contributed by atoms with E-state index >= 15 is 0 Å². The number of nitrogens with one attached hydrogen (secondary N) is 1. The van der Waals surface area contributed by atoms with E-state index in [1.165, 1.54) is 5.82 Å². The Hall–Kier alpha value is -1.30. The molecule has 0 atom stereocenters. The number of hydrogen-bond donors (Lipinski definition) is 1. The molecule has 1 aromatic heterocycles. The Bertz CT molecular complexity index is 592. The number of hydrogen-bond acceptors (Lipinski definition) is 2. The normalized spacial score (nSPS) is 14.1. The van der Waals surface area contributed by atoms with Gasteiger partial charge in [-0.05, 0) is 0 Å². The van der Waals surface area contributed by atoms with E-state index in [4.69, 9.17) is 0 Å². The molecule has 1 rings (SSSR count). The van der Waals surface area contributed by atoms with Crippen molar-refractivity contribution in [2.75, 3.05) is 0 Å². The largest absolute Gasteiger partial charge is 0.790 e. The summed E-state index contributed by atoms with van der Waals surface area (Å²) in [6.07, 6.45) is -9.14. The third-order valence-electron chi connectivity index (χ3n) is 2.73. The van der Waals surface area contributed by atoms with E-state index < -0.39 is 31.0 Å². The van der Waals surface area contributed by atoms with Crippen molar-refractivity contribution in [1.29, 1.82) is 0 Å². The van der Waals surface area contributed by atoms with Gasteiger partial charge in [0.2, 0.25) is 0 Å². The number of H-pyrrole nitrogens is 1. The summed E-state index contributed by atoms with van der Waals surface area (Å²) in [5.74, 6) is 1.27. The second kappa shape index (κ2) is 7.14. The molecule has 0 unspecified atom stereocenters. The fraction of sp³-hybridized carbons (Fsp3) is 0.700. The first kappa shape index (κ1) is 23.7. The van der Waals surface area contributed by atoms with Crippen molar-refractivity contribution in [3.63, 3.8) is 0 Å². The minimum atomic E-state index is -8.51. The van der Waals surface area contributed by atoms with Crippen LogP contribution in [0.1, 0.15) is 12.7 Å². The minimum Gasteiger partial charge on any atom is -0.790 e. The number of aromatic amines is 1. The molecule has 0 amide bonds. The summed E-state index contributed by atoms with van der Waals surface area (Å²) in [6, 6.07) is 0. The van der Waals surface area contributed by atoms with Gasteiger partial charge in [-0.3, -0.25) is 0 Å². The summed E-state index contributed by atoms with van der Waals surface area (Å²) in [7, 11) is -6.47. The van der Waals surface area contributed by atoms with Crippen molar-refractivity contribution in [2.45, 2.75) is 37.0 Å². The van der Waals surface area contributed by atoms with E-state index in [-0.39, 0.29) is 0 Å². The number of aromatic nitrogens is 2. The van der Waals surface area contributed by atoms with Gasteiger partial charge in [0.15, 0.2) is 7.37 Å². The Morgan fingerprint density at radius 2 is 1.36 bits per heavy atom. The highest BCUT2D eigenvalue weighted by Gasteiger charge is 2.78. The average molecular weight is 412 g/mol. The lowest BCUT2D eigenvalue weighted by atomic mass is 10.5. The van der Waals surface area contributed by atoms with Gasteiger partial charge in [0.1, 0.15) is 12.4 Å². The number of imidazole rings is 1. The molecule has 0 aliphatic rings. The molecule has 0 aliphatic heterocycles. The van der Waals surface area contributed by atoms with E-state index in [2.05, 4.69) is 16.5 Å². The smallest absolute Gasteiger partial charge is 0.459 e. The van der Waals surface area contributed by atoms with Crippen LogP contribution in [0.15, 0.2) is 12.4 Å². The van der Waals surface area contributed by atoms with Crippen LogP contribution in [0.25, 0.3) is 0 Å². The molecular formula is C10H11F10N2O2P. The summed E-state index contributed by atoms with van der Waals surface area (Å²) < 4.78 is 129. The molecule has 0 aromatic carbocycles. The standard InChI is InChI=1S/C6H10N2.C4HF10O2P/c1-3-6-7-4-5-8(6)2;5-1(6,7)3(11,12)17(15,16)4(13,14)2(8,9)10/h4-5H,3H2,1-2H3;(H,15,16). The highest BCUT2D eigenvalue weighted by atomic mass is 31.2. The van der Waals surface area contributed by atoms with Crippen LogP contribution in [-0.2, 0) is 18.0 Å². The quantitative estimate of drug-likeness (QED) is 0.471. The van der Waals surface area contributed by atoms with Crippen molar-refractivity contribution in [1.82, 2.24) is 4.98 Å². The maximum Gasteiger partial charge on any atom is 0.459 e. The Morgan fingerprint density at radius 1 is 1.00 bits per heavy atom. The van der Waals surface area contributed by atoms with Gasteiger partial charge in [-0.15, -0.1) is 0 Å². The Kier molecular flexibility index (Phi) is 6.77. The van der Waals surface area contributed by atoms with Crippen LogP contribution in [0.2, 0.25) is 0 Å². The molecule has 0 radical (unpaired) electrons. The number of rotatable bonds is 3. The number of alkyl halides is 10. The molecule has 4 nitrogen and oxygen atoms in total. The van der Waals surface area contributed by atoms with Crippen molar-refractivity contribution in [3.05, 3.63) is 18.2 Å². The molecule has 25 heavy (non-hydrogen) atoms. The molecule has 0 saturated carbocycles. The summed E-state index contributed by atoms with van der Waals surface area (Å²) in [4.78, 5) is 13.2. The molecule has 148 valence electrons. The monoisotopic (exact) mass is 412 g/mol. The molecule has 1 heterocycles. The van der Waals surface area contributed by atoms with Crippen LogP contribution in [0, 0.1) is 0 Å². The van der Waals surface area contributed by atoms with Gasteiger partial charge in [-0.25, -0.2) is 9.55 Å². The fourth-order valence-corrected chi connectivity index (χ4v) is 2.32. The molecule has 15 heteroatoms. The van der Waals surface area contributed by atoms with Gasteiger partial charge < -0.3 is 9.46 Å². The maximum atomic E-state index is 12.1. The molecule has 0 spiro atoms. The topological polar surface area (TPSA) is 59.8 Å². The zero-order chi connectivity index (χ0) is 20.5. The molecule has 0 fully saturated rings. The van der Waals surface area contributed by atoms with Crippen LogP contribution in [0.3, 0.4) is 0 Å². The van der Waals surface area contributed by atoms with Gasteiger partial charge in [-0.2, -0.15) is 43.9 Å². The Morgan fingerprint density at radius 3 is 1.52 bits per heavy atom. The van der Waals surface area contributed by atoms with Crippen LogP contribution in [0.4, 0.5) is 43.9 Å². The maximum absolute atomic E-state index is 12.1. The van der Waals surface area contributed by atoms with E-state index in [0.29, 0.717) is 0 Å². The van der Waals surface area contributed by atoms with Gasteiger partial charge in [0, 0.05) is 6.42 Å².